The maximum Gasteiger partial charge on any atom is 0.336 e. The first-order valence-electron chi connectivity index (χ1n) is 11.7. The monoisotopic (exact) mass is 646 g/mol. The van der Waals surface area contributed by atoms with Crippen molar-refractivity contribution in [1.29, 1.82) is 0 Å². The van der Waals surface area contributed by atoms with Crippen molar-refractivity contribution in [3.8, 4) is 5.75 Å². The number of ether oxygens (including phenoxy) is 1. The highest BCUT2D eigenvalue weighted by molar-refractivity contribution is 9.11. The van der Waals surface area contributed by atoms with Crippen LogP contribution < -0.4 is 10.1 Å². The fourth-order valence-corrected chi connectivity index (χ4v) is 6.79. The molecule has 2 bridgehead atoms. The molecule has 7 nitrogen and oxygen atoms in total. The number of nitrogens with zero attached hydrogens (tertiary/aromatic N) is 1. The summed E-state index contributed by atoms with van der Waals surface area (Å²) in [6.07, 6.45) is 8.04. The summed E-state index contributed by atoms with van der Waals surface area (Å²) in [5, 5.41) is 2.89. The second kappa shape index (κ2) is 10.6. The summed E-state index contributed by atoms with van der Waals surface area (Å²) in [5.74, 6) is -1.18. The summed E-state index contributed by atoms with van der Waals surface area (Å²) < 4.78 is 6.66. The first-order valence-corrected chi connectivity index (χ1v) is 13.7. The number of benzene rings is 2. The number of hydrogen-bond acceptors (Lipinski definition) is 5. The number of carbonyl (C=O) groups is 4. The number of halogens is 3. The lowest BCUT2D eigenvalue weighted by atomic mass is 9.93. The molecule has 3 aliphatic rings. The Kier molecular flexibility index (Phi) is 7.38. The second-order valence-electron chi connectivity index (χ2n) is 9.35. The van der Waals surface area contributed by atoms with Crippen LogP contribution in [0.3, 0.4) is 0 Å². The highest BCUT2D eigenvalue weighted by Gasteiger charge is 2.49. The number of hydrogen-bond donors (Lipinski definition) is 1. The van der Waals surface area contributed by atoms with Crippen LogP contribution in [-0.4, -0.2) is 34.8 Å². The number of carbonyl (C=O) groups excluding carboxylic acids is 4. The zero-order valence-electron chi connectivity index (χ0n) is 19.4. The zero-order chi connectivity index (χ0) is 26.3. The van der Waals surface area contributed by atoms with E-state index in [2.05, 4.69) is 37.2 Å². The third-order valence-corrected chi connectivity index (χ3v) is 8.29. The van der Waals surface area contributed by atoms with E-state index in [-0.39, 0.29) is 23.3 Å². The van der Waals surface area contributed by atoms with Crippen molar-refractivity contribution in [2.75, 3.05) is 0 Å². The van der Waals surface area contributed by atoms with Gasteiger partial charge in [-0.1, -0.05) is 46.1 Å². The molecule has 2 saturated carbocycles. The Morgan fingerprint density at radius 1 is 1.08 bits per heavy atom. The second-order valence-corrected chi connectivity index (χ2v) is 11.6. The highest BCUT2D eigenvalue weighted by Crippen LogP contribution is 2.47. The molecule has 2 aliphatic carbocycles. The van der Waals surface area contributed by atoms with Crippen LogP contribution in [0, 0.1) is 11.8 Å². The predicted molar refractivity (Wildman–Crippen MR) is 146 cm³/mol. The minimum Gasteiger partial charge on any atom is -0.422 e. The minimum atomic E-state index is -0.787. The topological polar surface area (TPSA) is 92.8 Å². The van der Waals surface area contributed by atoms with E-state index in [1.54, 1.807) is 42.5 Å². The summed E-state index contributed by atoms with van der Waals surface area (Å²) in [6.45, 7) is 0. The van der Waals surface area contributed by atoms with Crippen molar-refractivity contribution in [2.24, 2.45) is 11.8 Å². The fraction of sp³-hybridized carbons (Fsp3) is 0.259. The molecule has 0 unspecified atom stereocenters. The van der Waals surface area contributed by atoms with Gasteiger partial charge in [-0.2, -0.15) is 0 Å². The molecule has 1 aliphatic heterocycles. The molecule has 2 aromatic rings. The van der Waals surface area contributed by atoms with E-state index in [1.165, 1.54) is 17.1 Å². The summed E-state index contributed by atoms with van der Waals surface area (Å²) in [7, 11) is 0. The lowest BCUT2D eigenvalue weighted by molar-refractivity contribution is -0.132. The molecule has 2 aromatic carbocycles. The Hall–Kier alpha value is -2.75. The number of urea groups is 1. The van der Waals surface area contributed by atoms with Gasteiger partial charge in [-0.05, 0) is 89.0 Å². The standard InChI is InChI=1S/C27H21Br2ClN2O5/c28-18-11-17(24(21(29)13-18)37-23(33)8-4-14-2-6-19(30)7-3-14)12-20-25(34)31-27(36)32(26(20)35)22-10-15-1-5-16(22)9-15/h2-4,6-8,11-13,15-16,22H,1,5,9-10H2,(H,31,34,36)/b8-4+,20-12-/t15-,16-,22+/m0/s1. The summed E-state index contributed by atoms with van der Waals surface area (Å²) in [4.78, 5) is 52.6. The van der Waals surface area contributed by atoms with Gasteiger partial charge < -0.3 is 4.74 Å². The van der Waals surface area contributed by atoms with Gasteiger partial charge in [0.05, 0.1) is 4.47 Å². The maximum absolute atomic E-state index is 13.4. The van der Waals surface area contributed by atoms with Gasteiger partial charge in [-0.3, -0.25) is 19.8 Å². The van der Waals surface area contributed by atoms with E-state index in [1.807, 2.05) is 0 Å². The molecular weight excluding hydrogens is 628 g/mol. The summed E-state index contributed by atoms with van der Waals surface area (Å²) >= 11 is 12.7. The number of barbiturate groups is 1. The van der Waals surface area contributed by atoms with Crippen molar-refractivity contribution in [2.45, 2.75) is 31.7 Å². The van der Waals surface area contributed by atoms with E-state index >= 15 is 0 Å². The molecule has 0 radical (unpaired) electrons. The average molecular weight is 649 g/mol. The number of imide groups is 2. The molecule has 1 heterocycles. The van der Waals surface area contributed by atoms with Crippen molar-refractivity contribution >= 4 is 79.4 Å². The van der Waals surface area contributed by atoms with Crippen LogP contribution in [0.5, 0.6) is 5.75 Å². The van der Waals surface area contributed by atoms with Crippen LogP contribution >= 0.6 is 43.5 Å². The Morgan fingerprint density at radius 2 is 1.84 bits per heavy atom. The van der Waals surface area contributed by atoms with E-state index in [9.17, 15) is 19.2 Å². The lowest BCUT2D eigenvalue weighted by Gasteiger charge is -2.35. The molecule has 3 fully saturated rings. The molecular formula is C27H21Br2ClN2O5. The number of fused-ring (bicyclic) bond motifs is 2. The van der Waals surface area contributed by atoms with Gasteiger partial charge in [0.1, 0.15) is 5.57 Å². The van der Waals surface area contributed by atoms with Gasteiger partial charge in [-0.25, -0.2) is 9.59 Å². The number of amides is 4. The van der Waals surface area contributed by atoms with Crippen LogP contribution in [0.2, 0.25) is 5.02 Å². The summed E-state index contributed by atoms with van der Waals surface area (Å²) in [5.41, 5.74) is 0.880. The molecule has 3 atom stereocenters. The van der Waals surface area contributed by atoms with Gasteiger partial charge in [0.25, 0.3) is 11.8 Å². The fourth-order valence-electron chi connectivity index (χ4n) is 5.32. The average Bonchev–Trinajstić information content (AvgIpc) is 3.47. The van der Waals surface area contributed by atoms with Crippen molar-refractivity contribution in [1.82, 2.24) is 10.2 Å². The van der Waals surface area contributed by atoms with Crippen LogP contribution in [-0.2, 0) is 14.4 Å². The molecule has 0 aromatic heterocycles. The Bertz CT molecular complexity index is 1370. The maximum atomic E-state index is 13.4. The predicted octanol–water partition coefficient (Wildman–Crippen LogP) is 6.13. The molecule has 10 heteroatoms. The van der Waals surface area contributed by atoms with Gasteiger partial charge in [0.2, 0.25) is 0 Å². The Balaban J connectivity index is 1.43. The van der Waals surface area contributed by atoms with Crippen molar-refractivity contribution < 1.29 is 23.9 Å². The van der Waals surface area contributed by atoms with Crippen LogP contribution in [0.1, 0.15) is 36.8 Å². The SMILES string of the molecule is O=C(/C=C/c1ccc(Cl)cc1)Oc1c(Br)cc(Br)cc1/C=C1/C(=O)NC(=O)N([C@@H]2C[C@H]3CC[C@H]2C3)C1=O. The van der Waals surface area contributed by atoms with E-state index in [0.717, 1.165) is 31.2 Å². The smallest absolute Gasteiger partial charge is 0.336 e. The number of rotatable bonds is 5. The molecule has 0 spiro atoms. The van der Waals surface area contributed by atoms with Gasteiger partial charge in [0, 0.05) is 27.2 Å². The van der Waals surface area contributed by atoms with E-state index < -0.39 is 23.8 Å². The van der Waals surface area contributed by atoms with Crippen LogP contribution in [0.4, 0.5) is 4.79 Å². The molecule has 190 valence electrons. The third kappa shape index (κ3) is 5.44. The molecule has 4 amide bonds. The largest absolute Gasteiger partial charge is 0.422 e. The quantitative estimate of drug-likeness (QED) is 0.182. The van der Waals surface area contributed by atoms with E-state index in [4.69, 9.17) is 16.3 Å². The van der Waals surface area contributed by atoms with Crippen LogP contribution in [0.15, 0.2) is 57.0 Å². The Labute approximate surface area is 235 Å². The van der Waals surface area contributed by atoms with Gasteiger partial charge in [0.15, 0.2) is 5.75 Å². The van der Waals surface area contributed by atoms with Crippen LogP contribution in [0.25, 0.3) is 12.2 Å². The van der Waals surface area contributed by atoms with Gasteiger partial charge in [-0.15, -0.1) is 0 Å². The number of esters is 1. The number of nitrogens with one attached hydrogen (secondary N) is 1. The third-order valence-electron chi connectivity index (χ3n) is 6.99. The first kappa shape index (κ1) is 25.9. The van der Waals surface area contributed by atoms with Crippen molar-refractivity contribution in [3.63, 3.8) is 0 Å². The van der Waals surface area contributed by atoms with Crippen molar-refractivity contribution in [3.05, 3.63) is 73.1 Å². The zero-order valence-corrected chi connectivity index (χ0v) is 23.3. The minimum absolute atomic E-state index is 0.130. The molecule has 5 rings (SSSR count). The lowest BCUT2D eigenvalue weighted by Crippen LogP contribution is -2.58. The molecule has 37 heavy (non-hydrogen) atoms. The molecule has 1 saturated heterocycles. The summed E-state index contributed by atoms with van der Waals surface area (Å²) in [6, 6.07) is 9.34. The molecule has 1 N–H and O–H groups in total. The van der Waals surface area contributed by atoms with E-state index in [0.29, 0.717) is 25.4 Å². The van der Waals surface area contributed by atoms with Gasteiger partial charge >= 0.3 is 12.0 Å². The Morgan fingerprint density at radius 3 is 2.51 bits per heavy atom. The highest BCUT2D eigenvalue weighted by atomic mass is 79.9. The normalized spacial score (nSPS) is 24.3. The first-order chi connectivity index (χ1) is 17.7.